The van der Waals surface area contributed by atoms with Gasteiger partial charge in [-0.2, -0.15) is 4.98 Å². The summed E-state index contributed by atoms with van der Waals surface area (Å²) in [5.41, 5.74) is 2.91. The van der Waals surface area contributed by atoms with E-state index in [0.717, 1.165) is 41.6 Å². The number of aryl methyl sites for hydroxylation is 2. The van der Waals surface area contributed by atoms with Crippen LogP contribution in [0, 0.1) is 13.8 Å². The van der Waals surface area contributed by atoms with Crippen LogP contribution < -0.4 is 15.4 Å². The molecule has 0 fully saturated rings. The molecule has 0 unspecified atom stereocenters. The van der Waals surface area contributed by atoms with E-state index in [1.165, 1.54) is 0 Å². The molecule has 6 heteroatoms. The number of hydrogen-bond donors (Lipinski definition) is 2. The van der Waals surface area contributed by atoms with Crippen LogP contribution in [0.25, 0.3) is 0 Å². The molecule has 2 rings (SSSR count). The Labute approximate surface area is 137 Å². The Morgan fingerprint density at radius 2 is 1.91 bits per heavy atom. The Kier molecular flexibility index (Phi) is 5.76. The van der Waals surface area contributed by atoms with Gasteiger partial charge in [-0.15, -0.1) is 0 Å². The summed E-state index contributed by atoms with van der Waals surface area (Å²) in [6.45, 7) is 5.77. The number of anilines is 3. The van der Waals surface area contributed by atoms with Crippen LogP contribution in [0.3, 0.4) is 0 Å². The highest BCUT2D eigenvalue weighted by Crippen LogP contribution is 2.27. The van der Waals surface area contributed by atoms with E-state index in [-0.39, 0.29) is 0 Å². The minimum Gasteiger partial charge on any atom is -0.495 e. The van der Waals surface area contributed by atoms with E-state index in [1.54, 1.807) is 7.11 Å². The minimum absolute atomic E-state index is 0.557. The first-order valence-corrected chi connectivity index (χ1v) is 7.64. The van der Waals surface area contributed by atoms with Gasteiger partial charge in [0.2, 0.25) is 5.95 Å². The number of rotatable bonds is 7. The van der Waals surface area contributed by atoms with E-state index in [9.17, 15) is 0 Å². The maximum absolute atomic E-state index is 5.39. The number of hydrogen-bond acceptors (Lipinski definition) is 6. The molecule has 0 aliphatic carbocycles. The normalized spacial score (nSPS) is 10.7. The van der Waals surface area contributed by atoms with Crippen LogP contribution in [0.4, 0.5) is 17.5 Å². The fourth-order valence-electron chi connectivity index (χ4n) is 2.16. The summed E-state index contributed by atoms with van der Waals surface area (Å²) in [5, 5.41) is 6.57. The number of methoxy groups -OCH3 is 1. The molecule has 1 heterocycles. The number of benzene rings is 1. The first-order valence-electron chi connectivity index (χ1n) is 7.64. The molecule has 1 aromatic carbocycles. The van der Waals surface area contributed by atoms with Crippen molar-refractivity contribution >= 4 is 17.5 Å². The topological polar surface area (TPSA) is 62.3 Å². The van der Waals surface area contributed by atoms with Crippen molar-refractivity contribution < 1.29 is 4.74 Å². The molecule has 6 nitrogen and oxygen atoms in total. The molecular formula is C17H25N5O. The molecular weight excluding hydrogens is 290 g/mol. The summed E-state index contributed by atoms with van der Waals surface area (Å²) < 4.78 is 5.39. The van der Waals surface area contributed by atoms with E-state index in [4.69, 9.17) is 4.74 Å². The maximum Gasteiger partial charge on any atom is 0.229 e. The van der Waals surface area contributed by atoms with E-state index in [1.807, 2.05) is 52.2 Å². The van der Waals surface area contributed by atoms with Crippen molar-refractivity contribution in [3.8, 4) is 5.75 Å². The largest absolute Gasteiger partial charge is 0.495 e. The van der Waals surface area contributed by atoms with Crippen molar-refractivity contribution in [1.29, 1.82) is 0 Å². The van der Waals surface area contributed by atoms with Gasteiger partial charge in [0.1, 0.15) is 11.6 Å². The van der Waals surface area contributed by atoms with Crippen LogP contribution in [-0.2, 0) is 0 Å². The van der Waals surface area contributed by atoms with Gasteiger partial charge < -0.3 is 20.3 Å². The standard InChI is InChI=1S/C17H25N5O/c1-12-6-7-15(23-5)14(10-12)20-17-19-13(2)11-16(21-17)18-8-9-22(3)4/h6-7,10-11H,8-9H2,1-5H3,(H2,18,19,20,21). The van der Waals surface area contributed by atoms with Crippen LogP contribution in [-0.4, -0.2) is 49.2 Å². The summed E-state index contributed by atoms with van der Waals surface area (Å²) in [5.74, 6) is 2.14. The van der Waals surface area contributed by atoms with Crippen LogP contribution in [0.2, 0.25) is 0 Å². The number of ether oxygens (including phenoxy) is 1. The molecule has 1 aromatic heterocycles. The number of nitrogens with zero attached hydrogens (tertiary/aromatic N) is 3. The van der Waals surface area contributed by atoms with Crippen molar-refractivity contribution in [1.82, 2.24) is 14.9 Å². The van der Waals surface area contributed by atoms with E-state index < -0.39 is 0 Å². The lowest BCUT2D eigenvalue weighted by Gasteiger charge is -2.14. The molecule has 0 amide bonds. The SMILES string of the molecule is COc1ccc(C)cc1Nc1nc(C)cc(NCCN(C)C)n1. The van der Waals surface area contributed by atoms with Crippen LogP contribution in [0.5, 0.6) is 5.75 Å². The highest BCUT2D eigenvalue weighted by Gasteiger charge is 2.07. The molecule has 0 atom stereocenters. The first-order chi connectivity index (χ1) is 11.0. The summed E-state index contributed by atoms with van der Waals surface area (Å²) >= 11 is 0. The van der Waals surface area contributed by atoms with E-state index >= 15 is 0 Å². The summed E-state index contributed by atoms with van der Waals surface area (Å²) in [6.07, 6.45) is 0. The third-order valence-electron chi connectivity index (χ3n) is 3.32. The second-order valence-electron chi connectivity index (χ2n) is 5.78. The molecule has 0 saturated heterocycles. The number of aromatic nitrogens is 2. The first kappa shape index (κ1) is 17.0. The fraction of sp³-hybridized carbons (Fsp3) is 0.412. The van der Waals surface area contributed by atoms with Crippen LogP contribution in [0.15, 0.2) is 24.3 Å². The van der Waals surface area contributed by atoms with Gasteiger partial charge in [-0.05, 0) is 45.6 Å². The highest BCUT2D eigenvalue weighted by atomic mass is 16.5. The molecule has 2 aromatic rings. The van der Waals surface area contributed by atoms with Crippen molar-refractivity contribution in [3.63, 3.8) is 0 Å². The van der Waals surface area contributed by atoms with Gasteiger partial charge in [0.25, 0.3) is 0 Å². The second-order valence-corrected chi connectivity index (χ2v) is 5.78. The zero-order chi connectivity index (χ0) is 16.8. The molecule has 2 N–H and O–H groups in total. The molecule has 124 valence electrons. The molecule has 23 heavy (non-hydrogen) atoms. The summed E-state index contributed by atoms with van der Waals surface area (Å²) in [4.78, 5) is 11.1. The second kappa shape index (κ2) is 7.78. The number of likely N-dealkylation sites (N-methyl/N-ethyl adjacent to an activating group) is 1. The molecule has 0 bridgehead atoms. The third kappa shape index (κ3) is 5.10. The Hall–Kier alpha value is -2.34. The Morgan fingerprint density at radius 1 is 1.13 bits per heavy atom. The van der Waals surface area contributed by atoms with Crippen molar-refractivity contribution in [2.75, 3.05) is 44.9 Å². The van der Waals surface area contributed by atoms with Crippen molar-refractivity contribution in [2.24, 2.45) is 0 Å². The molecule has 0 spiro atoms. The summed E-state index contributed by atoms with van der Waals surface area (Å²) in [7, 11) is 5.75. The lowest BCUT2D eigenvalue weighted by Crippen LogP contribution is -2.21. The Balaban J connectivity index is 2.17. The Morgan fingerprint density at radius 3 is 2.61 bits per heavy atom. The zero-order valence-corrected chi connectivity index (χ0v) is 14.5. The monoisotopic (exact) mass is 315 g/mol. The average molecular weight is 315 g/mol. The van der Waals surface area contributed by atoms with Crippen LogP contribution >= 0.6 is 0 Å². The smallest absolute Gasteiger partial charge is 0.229 e. The van der Waals surface area contributed by atoms with Crippen LogP contribution in [0.1, 0.15) is 11.3 Å². The van der Waals surface area contributed by atoms with Crippen molar-refractivity contribution in [2.45, 2.75) is 13.8 Å². The molecule has 0 radical (unpaired) electrons. The van der Waals surface area contributed by atoms with E-state index in [0.29, 0.717) is 5.95 Å². The predicted octanol–water partition coefficient (Wildman–Crippen LogP) is 2.82. The average Bonchev–Trinajstić information content (AvgIpc) is 2.46. The molecule has 0 aliphatic rings. The van der Waals surface area contributed by atoms with Gasteiger partial charge in [-0.25, -0.2) is 4.98 Å². The fourth-order valence-corrected chi connectivity index (χ4v) is 2.16. The van der Waals surface area contributed by atoms with Gasteiger partial charge in [-0.3, -0.25) is 0 Å². The van der Waals surface area contributed by atoms with E-state index in [2.05, 4.69) is 25.5 Å². The number of nitrogens with one attached hydrogen (secondary N) is 2. The predicted molar refractivity (Wildman–Crippen MR) is 94.8 cm³/mol. The summed E-state index contributed by atoms with van der Waals surface area (Å²) in [6, 6.07) is 7.90. The molecule has 0 saturated carbocycles. The van der Waals surface area contributed by atoms with Gasteiger partial charge in [0.05, 0.1) is 12.8 Å². The van der Waals surface area contributed by atoms with Crippen molar-refractivity contribution in [3.05, 3.63) is 35.5 Å². The minimum atomic E-state index is 0.557. The Bertz CT molecular complexity index is 657. The highest BCUT2D eigenvalue weighted by molar-refractivity contribution is 5.64. The van der Waals surface area contributed by atoms with Gasteiger partial charge in [0.15, 0.2) is 0 Å². The zero-order valence-electron chi connectivity index (χ0n) is 14.5. The third-order valence-corrected chi connectivity index (χ3v) is 3.32. The quantitative estimate of drug-likeness (QED) is 0.819. The maximum atomic E-state index is 5.39. The lowest BCUT2D eigenvalue weighted by molar-refractivity contribution is 0.416. The van der Waals surface area contributed by atoms with Gasteiger partial charge >= 0.3 is 0 Å². The van der Waals surface area contributed by atoms with Gasteiger partial charge in [-0.1, -0.05) is 6.07 Å². The lowest BCUT2D eigenvalue weighted by atomic mass is 10.2. The molecule has 0 aliphatic heterocycles. The van der Waals surface area contributed by atoms with Gasteiger partial charge in [0, 0.05) is 24.8 Å².